The SMILES string of the molecule is O=C(NCCOc1ccc2ccccc2c1)c1ccc(Cl)cc1F. The molecule has 122 valence electrons. The molecule has 0 spiro atoms. The van der Waals surface area contributed by atoms with Crippen LogP contribution in [0.3, 0.4) is 0 Å². The van der Waals surface area contributed by atoms with Crippen molar-refractivity contribution in [3.05, 3.63) is 77.1 Å². The second-order valence-corrected chi connectivity index (χ2v) is 5.67. The Balaban J connectivity index is 1.53. The lowest BCUT2D eigenvalue weighted by Gasteiger charge is -2.09. The Morgan fingerprint density at radius 3 is 2.62 bits per heavy atom. The van der Waals surface area contributed by atoms with E-state index in [9.17, 15) is 9.18 Å². The van der Waals surface area contributed by atoms with Crippen LogP contribution in [0.1, 0.15) is 10.4 Å². The third-order valence-electron chi connectivity index (χ3n) is 3.55. The minimum atomic E-state index is -0.643. The molecule has 5 heteroatoms. The molecule has 0 fully saturated rings. The third-order valence-corrected chi connectivity index (χ3v) is 3.79. The molecule has 24 heavy (non-hydrogen) atoms. The van der Waals surface area contributed by atoms with Crippen molar-refractivity contribution in [3.8, 4) is 5.75 Å². The van der Waals surface area contributed by atoms with Crippen molar-refractivity contribution >= 4 is 28.3 Å². The van der Waals surface area contributed by atoms with Crippen molar-refractivity contribution in [2.45, 2.75) is 0 Å². The van der Waals surface area contributed by atoms with Gasteiger partial charge in [0.05, 0.1) is 12.1 Å². The highest BCUT2D eigenvalue weighted by Gasteiger charge is 2.11. The highest BCUT2D eigenvalue weighted by atomic mass is 35.5. The zero-order valence-electron chi connectivity index (χ0n) is 12.8. The number of benzene rings is 3. The van der Waals surface area contributed by atoms with E-state index in [1.165, 1.54) is 12.1 Å². The Labute approximate surface area is 144 Å². The van der Waals surface area contributed by atoms with Gasteiger partial charge in [0.2, 0.25) is 0 Å². The molecular weight excluding hydrogens is 329 g/mol. The maximum atomic E-state index is 13.6. The standard InChI is InChI=1S/C19H15ClFNO2/c20-15-6-8-17(18(21)12-15)19(23)22-9-10-24-16-7-5-13-3-1-2-4-14(13)11-16/h1-8,11-12H,9-10H2,(H,22,23). The summed E-state index contributed by atoms with van der Waals surface area (Å²) < 4.78 is 19.3. The summed E-state index contributed by atoms with van der Waals surface area (Å²) in [7, 11) is 0. The van der Waals surface area contributed by atoms with Crippen LogP contribution in [-0.4, -0.2) is 19.1 Å². The summed E-state index contributed by atoms with van der Waals surface area (Å²) in [5.74, 6) is -0.414. The molecule has 0 aliphatic carbocycles. The van der Waals surface area contributed by atoms with Gasteiger partial charge in [-0.05, 0) is 41.1 Å². The largest absolute Gasteiger partial charge is 0.492 e. The Hall–Kier alpha value is -2.59. The molecule has 0 saturated carbocycles. The van der Waals surface area contributed by atoms with E-state index in [0.29, 0.717) is 6.61 Å². The first-order valence-corrected chi connectivity index (χ1v) is 7.86. The number of hydrogen-bond acceptors (Lipinski definition) is 2. The summed E-state index contributed by atoms with van der Waals surface area (Å²) in [6, 6.07) is 17.7. The summed E-state index contributed by atoms with van der Waals surface area (Å²) >= 11 is 5.67. The van der Waals surface area contributed by atoms with Crippen molar-refractivity contribution < 1.29 is 13.9 Å². The van der Waals surface area contributed by atoms with Gasteiger partial charge in [-0.1, -0.05) is 41.9 Å². The number of fused-ring (bicyclic) bond motifs is 1. The molecule has 0 bridgehead atoms. The van der Waals surface area contributed by atoms with Gasteiger partial charge in [-0.3, -0.25) is 4.79 Å². The van der Waals surface area contributed by atoms with Crippen LogP contribution >= 0.6 is 11.6 Å². The van der Waals surface area contributed by atoms with Crippen molar-refractivity contribution in [1.29, 1.82) is 0 Å². The van der Waals surface area contributed by atoms with Gasteiger partial charge in [-0.25, -0.2) is 4.39 Å². The van der Waals surface area contributed by atoms with Crippen molar-refractivity contribution in [2.75, 3.05) is 13.2 Å². The van der Waals surface area contributed by atoms with Gasteiger partial charge in [-0.2, -0.15) is 0 Å². The van der Waals surface area contributed by atoms with Gasteiger partial charge >= 0.3 is 0 Å². The van der Waals surface area contributed by atoms with E-state index in [0.717, 1.165) is 22.6 Å². The van der Waals surface area contributed by atoms with E-state index >= 15 is 0 Å². The van der Waals surface area contributed by atoms with Gasteiger partial charge in [0.15, 0.2) is 0 Å². The summed E-state index contributed by atoms with van der Waals surface area (Å²) in [6.07, 6.45) is 0. The van der Waals surface area contributed by atoms with Crippen LogP contribution in [0.25, 0.3) is 10.8 Å². The number of halogens is 2. The number of amides is 1. The number of hydrogen-bond donors (Lipinski definition) is 1. The average Bonchev–Trinajstić information content (AvgIpc) is 2.58. The van der Waals surface area contributed by atoms with Crippen molar-refractivity contribution in [3.63, 3.8) is 0 Å². The second kappa shape index (κ2) is 7.32. The molecule has 3 aromatic carbocycles. The summed E-state index contributed by atoms with van der Waals surface area (Å²) in [4.78, 5) is 11.9. The number of carbonyl (C=O) groups is 1. The molecule has 0 unspecified atom stereocenters. The quantitative estimate of drug-likeness (QED) is 0.695. The van der Waals surface area contributed by atoms with Gasteiger partial charge in [0.25, 0.3) is 5.91 Å². The lowest BCUT2D eigenvalue weighted by Crippen LogP contribution is -2.28. The van der Waals surface area contributed by atoms with E-state index in [1.807, 2.05) is 42.5 Å². The Kier molecular flexibility index (Phi) is 4.96. The predicted molar refractivity (Wildman–Crippen MR) is 93.2 cm³/mol. The van der Waals surface area contributed by atoms with E-state index in [-0.39, 0.29) is 17.1 Å². The fourth-order valence-corrected chi connectivity index (χ4v) is 2.52. The molecule has 3 aromatic rings. The van der Waals surface area contributed by atoms with Gasteiger partial charge < -0.3 is 10.1 Å². The zero-order chi connectivity index (χ0) is 16.9. The molecule has 0 atom stereocenters. The third kappa shape index (κ3) is 3.84. The first kappa shape index (κ1) is 16.3. The molecule has 0 aromatic heterocycles. The molecule has 0 radical (unpaired) electrons. The van der Waals surface area contributed by atoms with Gasteiger partial charge in [0, 0.05) is 5.02 Å². The Bertz CT molecular complexity index is 882. The monoisotopic (exact) mass is 343 g/mol. The van der Waals surface area contributed by atoms with Crippen molar-refractivity contribution in [2.24, 2.45) is 0 Å². The Morgan fingerprint density at radius 2 is 1.83 bits per heavy atom. The van der Waals surface area contributed by atoms with Gasteiger partial charge in [0.1, 0.15) is 18.2 Å². The van der Waals surface area contributed by atoms with Crippen LogP contribution in [0.15, 0.2) is 60.7 Å². The lowest BCUT2D eigenvalue weighted by molar-refractivity contribution is 0.0943. The topological polar surface area (TPSA) is 38.3 Å². The maximum Gasteiger partial charge on any atom is 0.254 e. The van der Waals surface area contributed by atoms with Crippen LogP contribution in [0.2, 0.25) is 5.02 Å². The smallest absolute Gasteiger partial charge is 0.254 e. The minimum absolute atomic E-state index is 0.0369. The molecule has 0 aliphatic heterocycles. The van der Waals surface area contributed by atoms with Gasteiger partial charge in [-0.15, -0.1) is 0 Å². The molecule has 0 heterocycles. The normalized spacial score (nSPS) is 10.6. The van der Waals surface area contributed by atoms with Crippen LogP contribution in [0.4, 0.5) is 4.39 Å². The van der Waals surface area contributed by atoms with Crippen LogP contribution in [0, 0.1) is 5.82 Å². The second-order valence-electron chi connectivity index (χ2n) is 5.24. The summed E-state index contributed by atoms with van der Waals surface area (Å²) in [6.45, 7) is 0.563. The molecular formula is C19H15ClFNO2. The lowest BCUT2D eigenvalue weighted by atomic mass is 10.1. The highest BCUT2D eigenvalue weighted by molar-refractivity contribution is 6.30. The van der Waals surface area contributed by atoms with E-state index in [2.05, 4.69) is 5.32 Å². The van der Waals surface area contributed by atoms with E-state index in [1.54, 1.807) is 0 Å². The molecule has 3 nitrogen and oxygen atoms in total. The fraction of sp³-hybridized carbons (Fsp3) is 0.105. The first-order valence-electron chi connectivity index (χ1n) is 7.48. The molecule has 1 amide bonds. The minimum Gasteiger partial charge on any atom is -0.492 e. The molecule has 1 N–H and O–H groups in total. The number of rotatable bonds is 5. The number of ether oxygens (including phenoxy) is 1. The molecule has 0 saturated heterocycles. The number of carbonyl (C=O) groups excluding carboxylic acids is 1. The summed E-state index contributed by atoms with van der Waals surface area (Å²) in [5.41, 5.74) is -0.0369. The van der Waals surface area contributed by atoms with Crippen LogP contribution < -0.4 is 10.1 Å². The van der Waals surface area contributed by atoms with E-state index < -0.39 is 11.7 Å². The number of nitrogens with one attached hydrogen (secondary N) is 1. The van der Waals surface area contributed by atoms with Crippen LogP contribution in [0.5, 0.6) is 5.75 Å². The molecule has 3 rings (SSSR count). The maximum absolute atomic E-state index is 13.6. The fourth-order valence-electron chi connectivity index (χ4n) is 2.36. The summed E-state index contributed by atoms with van der Waals surface area (Å²) in [5, 5.41) is 5.09. The molecule has 0 aliphatic rings. The average molecular weight is 344 g/mol. The highest BCUT2D eigenvalue weighted by Crippen LogP contribution is 2.20. The first-order chi connectivity index (χ1) is 11.6. The van der Waals surface area contributed by atoms with Crippen molar-refractivity contribution in [1.82, 2.24) is 5.32 Å². The zero-order valence-corrected chi connectivity index (χ0v) is 13.5. The predicted octanol–water partition coefficient (Wildman–Crippen LogP) is 4.44. The van der Waals surface area contributed by atoms with E-state index in [4.69, 9.17) is 16.3 Å². The Morgan fingerprint density at radius 1 is 1.04 bits per heavy atom. The van der Waals surface area contributed by atoms with Crippen LogP contribution in [-0.2, 0) is 0 Å².